The van der Waals surface area contributed by atoms with Crippen molar-refractivity contribution in [3.63, 3.8) is 0 Å². The molecule has 80 valence electrons. The van der Waals surface area contributed by atoms with E-state index in [2.05, 4.69) is 24.8 Å². The Morgan fingerprint density at radius 3 is 2.86 bits per heavy atom. The second-order valence-electron chi connectivity index (χ2n) is 4.15. The molecule has 1 saturated heterocycles. The first-order valence-corrected chi connectivity index (χ1v) is 5.46. The molecular weight excluding hydrogens is 176 g/mol. The number of hydrogen-bond donors (Lipinski definition) is 0. The molecule has 0 bridgehead atoms. The molecule has 0 aliphatic carbocycles. The molecule has 1 unspecified atom stereocenters. The van der Waals surface area contributed by atoms with Gasteiger partial charge in [-0.2, -0.15) is 5.26 Å². The summed E-state index contributed by atoms with van der Waals surface area (Å²) in [5.74, 6) is 0. The van der Waals surface area contributed by atoms with E-state index in [0.29, 0.717) is 18.7 Å². The van der Waals surface area contributed by atoms with Gasteiger partial charge >= 0.3 is 0 Å². The molecule has 0 N–H and O–H groups in total. The Morgan fingerprint density at radius 1 is 1.57 bits per heavy atom. The number of nitriles is 1. The molecule has 0 aromatic carbocycles. The summed E-state index contributed by atoms with van der Waals surface area (Å²) in [4.78, 5) is 2.20. The van der Waals surface area contributed by atoms with Gasteiger partial charge in [-0.25, -0.2) is 0 Å². The molecule has 3 heteroatoms. The summed E-state index contributed by atoms with van der Waals surface area (Å²) in [5, 5.41) is 8.65. The number of ether oxygens (including phenoxy) is 1. The van der Waals surface area contributed by atoms with Crippen LogP contribution in [0.25, 0.3) is 0 Å². The lowest BCUT2D eigenvalue weighted by molar-refractivity contribution is 0.0897. The van der Waals surface area contributed by atoms with E-state index in [4.69, 9.17) is 10.00 Å². The summed E-state index contributed by atoms with van der Waals surface area (Å²) in [6.07, 6.45) is 3.90. The minimum atomic E-state index is 0.440. The summed E-state index contributed by atoms with van der Waals surface area (Å²) in [6.45, 7) is 6.70. The fraction of sp³-hybridized carbons (Fsp3) is 0.909. The zero-order valence-electron chi connectivity index (χ0n) is 9.20. The zero-order chi connectivity index (χ0) is 10.4. The van der Waals surface area contributed by atoms with Gasteiger partial charge in [0.1, 0.15) is 0 Å². The first-order chi connectivity index (χ1) is 6.74. The topological polar surface area (TPSA) is 36.3 Å². The van der Waals surface area contributed by atoms with Gasteiger partial charge in [-0.05, 0) is 33.1 Å². The van der Waals surface area contributed by atoms with Crippen LogP contribution in [0.1, 0.15) is 33.1 Å². The molecule has 0 radical (unpaired) electrons. The molecule has 3 nitrogen and oxygen atoms in total. The molecule has 0 aromatic heterocycles. The summed E-state index contributed by atoms with van der Waals surface area (Å²) < 4.78 is 5.55. The average molecular weight is 196 g/mol. The standard InChI is InChI=1S/C11H20N2O/c1-10(2)13(8-6-12)7-5-11-4-3-9-14-11/h10-11H,3-5,7-9H2,1-2H3. The Bertz CT molecular complexity index is 192. The Hall–Kier alpha value is -0.590. The van der Waals surface area contributed by atoms with Crippen molar-refractivity contribution < 1.29 is 4.74 Å². The Balaban J connectivity index is 2.22. The van der Waals surface area contributed by atoms with Gasteiger partial charge in [0.25, 0.3) is 0 Å². The molecule has 14 heavy (non-hydrogen) atoms. The van der Waals surface area contributed by atoms with E-state index in [-0.39, 0.29) is 0 Å². The van der Waals surface area contributed by atoms with Crippen LogP contribution in [0.2, 0.25) is 0 Å². The maximum Gasteiger partial charge on any atom is 0.0868 e. The van der Waals surface area contributed by atoms with E-state index >= 15 is 0 Å². The van der Waals surface area contributed by atoms with Crippen LogP contribution < -0.4 is 0 Å². The van der Waals surface area contributed by atoms with E-state index in [9.17, 15) is 0 Å². The van der Waals surface area contributed by atoms with Gasteiger partial charge in [0.2, 0.25) is 0 Å². The predicted molar refractivity (Wildman–Crippen MR) is 55.9 cm³/mol. The highest BCUT2D eigenvalue weighted by atomic mass is 16.5. The van der Waals surface area contributed by atoms with Crippen LogP contribution in [-0.4, -0.2) is 36.7 Å². The molecular formula is C11H20N2O. The molecule has 1 atom stereocenters. The van der Waals surface area contributed by atoms with Crippen molar-refractivity contribution in [1.29, 1.82) is 5.26 Å². The first kappa shape index (κ1) is 11.5. The van der Waals surface area contributed by atoms with E-state index in [0.717, 1.165) is 19.6 Å². The molecule has 1 fully saturated rings. The van der Waals surface area contributed by atoms with Gasteiger partial charge in [-0.1, -0.05) is 0 Å². The van der Waals surface area contributed by atoms with Crippen LogP contribution in [0.15, 0.2) is 0 Å². The first-order valence-electron chi connectivity index (χ1n) is 5.46. The van der Waals surface area contributed by atoms with Gasteiger partial charge in [0.15, 0.2) is 0 Å². The van der Waals surface area contributed by atoms with Crippen LogP contribution in [0.4, 0.5) is 0 Å². The lowest BCUT2D eigenvalue weighted by Gasteiger charge is -2.24. The van der Waals surface area contributed by atoms with Crippen LogP contribution >= 0.6 is 0 Å². The molecule has 1 aliphatic rings. The fourth-order valence-electron chi connectivity index (χ4n) is 1.79. The maximum absolute atomic E-state index is 8.65. The normalized spacial score (nSPS) is 21.8. The van der Waals surface area contributed by atoms with E-state index in [1.807, 2.05) is 0 Å². The molecule has 1 rings (SSSR count). The Labute approximate surface area is 86.6 Å². The van der Waals surface area contributed by atoms with Crippen molar-refractivity contribution >= 4 is 0 Å². The highest BCUT2D eigenvalue weighted by molar-refractivity contribution is 4.79. The SMILES string of the molecule is CC(C)N(CC#N)CCC1CCCO1. The van der Waals surface area contributed by atoms with Crippen molar-refractivity contribution in [2.75, 3.05) is 19.7 Å². The van der Waals surface area contributed by atoms with E-state index < -0.39 is 0 Å². The highest BCUT2D eigenvalue weighted by Crippen LogP contribution is 2.16. The molecule has 0 spiro atoms. The van der Waals surface area contributed by atoms with Crippen molar-refractivity contribution in [2.45, 2.75) is 45.3 Å². The summed E-state index contributed by atoms with van der Waals surface area (Å²) in [7, 11) is 0. The molecule has 0 amide bonds. The molecule has 0 saturated carbocycles. The predicted octanol–water partition coefficient (Wildman–Crippen LogP) is 1.79. The van der Waals surface area contributed by atoms with Crippen molar-refractivity contribution in [1.82, 2.24) is 4.90 Å². The highest BCUT2D eigenvalue weighted by Gasteiger charge is 2.17. The maximum atomic E-state index is 8.65. The zero-order valence-corrected chi connectivity index (χ0v) is 9.20. The second-order valence-corrected chi connectivity index (χ2v) is 4.15. The summed E-state index contributed by atoms with van der Waals surface area (Å²) >= 11 is 0. The minimum absolute atomic E-state index is 0.440. The monoisotopic (exact) mass is 196 g/mol. The Morgan fingerprint density at radius 2 is 2.36 bits per heavy atom. The quantitative estimate of drug-likeness (QED) is 0.629. The third-order valence-corrected chi connectivity index (χ3v) is 2.77. The molecule has 0 aromatic rings. The minimum Gasteiger partial charge on any atom is -0.378 e. The number of nitrogens with zero attached hydrogens (tertiary/aromatic N) is 2. The average Bonchev–Trinajstić information content (AvgIpc) is 2.64. The number of rotatable bonds is 5. The van der Waals surface area contributed by atoms with Gasteiger partial charge in [0, 0.05) is 19.2 Å². The molecule has 1 aliphatic heterocycles. The van der Waals surface area contributed by atoms with Crippen LogP contribution in [0, 0.1) is 11.3 Å². The van der Waals surface area contributed by atoms with E-state index in [1.165, 1.54) is 12.8 Å². The largest absolute Gasteiger partial charge is 0.378 e. The summed E-state index contributed by atoms with van der Waals surface area (Å²) in [6, 6.07) is 2.66. The third-order valence-electron chi connectivity index (χ3n) is 2.77. The van der Waals surface area contributed by atoms with Gasteiger partial charge in [-0.15, -0.1) is 0 Å². The van der Waals surface area contributed by atoms with Crippen LogP contribution in [0.3, 0.4) is 0 Å². The molecule has 1 heterocycles. The fourth-order valence-corrected chi connectivity index (χ4v) is 1.79. The van der Waals surface area contributed by atoms with Crippen LogP contribution in [0.5, 0.6) is 0 Å². The van der Waals surface area contributed by atoms with Crippen molar-refractivity contribution in [2.24, 2.45) is 0 Å². The lowest BCUT2D eigenvalue weighted by atomic mass is 10.1. The van der Waals surface area contributed by atoms with Gasteiger partial charge < -0.3 is 4.74 Å². The number of hydrogen-bond acceptors (Lipinski definition) is 3. The second kappa shape index (κ2) is 6.00. The van der Waals surface area contributed by atoms with Crippen molar-refractivity contribution in [3.05, 3.63) is 0 Å². The smallest absolute Gasteiger partial charge is 0.0868 e. The van der Waals surface area contributed by atoms with Crippen molar-refractivity contribution in [3.8, 4) is 6.07 Å². The lowest BCUT2D eigenvalue weighted by Crippen LogP contribution is -2.33. The van der Waals surface area contributed by atoms with E-state index in [1.54, 1.807) is 0 Å². The summed E-state index contributed by atoms with van der Waals surface area (Å²) in [5.41, 5.74) is 0. The van der Waals surface area contributed by atoms with Crippen LogP contribution in [-0.2, 0) is 4.74 Å². The van der Waals surface area contributed by atoms with Gasteiger partial charge in [-0.3, -0.25) is 4.90 Å². The Kier molecular flexibility index (Phi) is 4.92. The third kappa shape index (κ3) is 3.65. The van der Waals surface area contributed by atoms with Gasteiger partial charge in [0.05, 0.1) is 18.7 Å².